The molecule has 12 heteroatoms. The van der Waals surface area contributed by atoms with Gasteiger partial charge < -0.3 is 14.3 Å². The summed E-state index contributed by atoms with van der Waals surface area (Å²) in [4.78, 5) is 47.1. The predicted octanol–water partition coefficient (Wildman–Crippen LogP) is 1.69. The van der Waals surface area contributed by atoms with Gasteiger partial charge in [-0.3, -0.25) is 14.2 Å². The number of benzene rings is 1. The van der Waals surface area contributed by atoms with Gasteiger partial charge in [0.15, 0.2) is 5.69 Å². The van der Waals surface area contributed by atoms with Crippen molar-refractivity contribution in [3.8, 4) is 17.2 Å². The van der Waals surface area contributed by atoms with E-state index in [2.05, 4.69) is 20.1 Å². The summed E-state index contributed by atoms with van der Waals surface area (Å²) in [7, 11) is 0. The van der Waals surface area contributed by atoms with Gasteiger partial charge in [0.25, 0.3) is 5.56 Å². The Morgan fingerprint density at radius 2 is 1.75 bits per heavy atom. The van der Waals surface area contributed by atoms with Crippen molar-refractivity contribution >= 4 is 5.91 Å². The minimum Gasteiger partial charge on any atom is -0.334 e. The molecule has 0 aliphatic carbocycles. The van der Waals surface area contributed by atoms with Gasteiger partial charge in [-0.2, -0.15) is 14.8 Å². The molecule has 190 valence electrons. The smallest absolute Gasteiger partial charge is 0.334 e. The Morgan fingerprint density at radius 3 is 2.42 bits per heavy atom. The first kappa shape index (κ1) is 24.0. The molecule has 11 nitrogen and oxygen atoms in total. The zero-order chi connectivity index (χ0) is 25.2. The van der Waals surface area contributed by atoms with Gasteiger partial charge in [0.05, 0.1) is 5.69 Å². The molecular formula is C24H28FN7O4. The predicted molar refractivity (Wildman–Crippen MR) is 127 cm³/mol. The van der Waals surface area contributed by atoms with Gasteiger partial charge in [-0.25, -0.2) is 9.18 Å². The summed E-state index contributed by atoms with van der Waals surface area (Å²) in [5, 5.41) is 7.94. The van der Waals surface area contributed by atoms with Crippen molar-refractivity contribution in [3.63, 3.8) is 0 Å². The third-order valence-corrected chi connectivity index (χ3v) is 6.93. The Labute approximate surface area is 206 Å². The number of aromatic nitrogens is 5. The third kappa shape index (κ3) is 4.60. The number of piperidine rings is 2. The second kappa shape index (κ2) is 10.1. The lowest BCUT2D eigenvalue weighted by atomic mass is 10.00. The molecule has 3 aromatic rings. The van der Waals surface area contributed by atoms with E-state index in [0.29, 0.717) is 19.1 Å². The first-order chi connectivity index (χ1) is 17.5. The van der Waals surface area contributed by atoms with E-state index in [1.807, 2.05) is 0 Å². The molecule has 0 radical (unpaired) electrons. The molecule has 0 N–H and O–H groups in total. The number of carbonyl (C=O) groups is 1. The number of likely N-dealkylation sites (tertiary alicyclic amines) is 2. The van der Waals surface area contributed by atoms with E-state index < -0.39 is 23.0 Å². The molecule has 4 heterocycles. The fourth-order valence-electron chi connectivity index (χ4n) is 4.94. The summed E-state index contributed by atoms with van der Waals surface area (Å²) in [6.45, 7) is 5.13. The number of halogens is 1. The number of amides is 1. The molecule has 5 rings (SSSR count). The van der Waals surface area contributed by atoms with Gasteiger partial charge in [-0.05, 0) is 70.0 Å². The monoisotopic (exact) mass is 497 g/mol. The summed E-state index contributed by atoms with van der Waals surface area (Å²) in [5.41, 5.74) is -1.37. The number of nitrogens with zero attached hydrogens (tertiary/aromatic N) is 7. The Hall–Kier alpha value is -3.67. The lowest BCUT2D eigenvalue weighted by Gasteiger charge is -2.39. The lowest BCUT2D eigenvalue weighted by molar-refractivity contribution is 0.0547. The molecule has 2 aliphatic rings. The van der Waals surface area contributed by atoms with Crippen LogP contribution in [0.4, 0.5) is 4.39 Å². The molecule has 0 atom stereocenters. The zero-order valence-electron chi connectivity index (χ0n) is 20.1. The van der Waals surface area contributed by atoms with E-state index >= 15 is 0 Å². The van der Waals surface area contributed by atoms with Crippen LogP contribution in [0, 0.1) is 5.82 Å². The molecule has 2 aromatic heterocycles. The largest absolute Gasteiger partial charge is 0.352 e. The van der Waals surface area contributed by atoms with Crippen molar-refractivity contribution in [1.82, 2.24) is 34.3 Å². The van der Waals surface area contributed by atoms with Gasteiger partial charge in [0, 0.05) is 25.7 Å². The average molecular weight is 498 g/mol. The first-order valence-corrected chi connectivity index (χ1v) is 12.3. The van der Waals surface area contributed by atoms with Crippen molar-refractivity contribution < 1.29 is 13.7 Å². The van der Waals surface area contributed by atoms with Crippen LogP contribution in [0.15, 0.2) is 38.4 Å². The molecule has 2 saturated heterocycles. The van der Waals surface area contributed by atoms with Crippen LogP contribution >= 0.6 is 0 Å². The van der Waals surface area contributed by atoms with Gasteiger partial charge in [0.2, 0.25) is 5.82 Å². The Balaban J connectivity index is 1.38. The summed E-state index contributed by atoms with van der Waals surface area (Å²) in [5.74, 6) is -1.29. The minimum absolute atomic E-state index is 0.0734. The summed E-state index contributed by atoms with van der Waals surface area (Å²) in [6, 6.07) is 5.60. The molecular weight excluding hydrogens is 469 g/mol. The summed E-state index contributed by atoms with van der Waals surface area (Å²) in [6.07, 6.45) is 5.52. The number of carbonyl (C=O) groups excluding carboxylic acids is 1. The van der Waals surface area contributed by atoms with Crippen LogP contribution in [-0.4, -0.2) is 72.4 Å². The van der Waals surface area contributed by atoms with Crippen LogP contribution in [-0.2, 0) is 6.54 Å². The highest BCUT2D eigenvalue weighted by atomic mass is 19.1. The summed E-state index contributed by atoms with van der Waals surface area (Å²) < 4.78 is 20.5. The fraction of sp³-hybridized carbons (Fsp3) is 0.500. The molecule has 1 amide bonds. The van der Waals surface area contributed by atoms with Crippen LogP contribution in [0.1, 0.15) is 49.7 Å². The lowest BCUT2D eigenvalue weighted by Crippen LogP contribution is -2.48. The van der Waals surface area contributed by atoms with Crippen molar-refractivity contribution in [1.29, 1.82) is 0 Å². The van der Waals surface area contributed by atoms with Crippen molar-refractivity contribution in [3.05, 3.63) is 56.8 Å². The second-order valence-corrected chi connectivity index (χ2v) is 9.11. The number of hydrogen-bond donors (Lipinski definition) is 0. The van der Waals surface area contributed by atoms with E-state index in [9.17, 15) is 18.8 Å². The topological polar surface area (TPSA) is 119 Å². The van der Waals surface area contributed by atoms with Crippen molar-refractivity contribution in [2.75, 3.05) is 26.2 Å². The van der Waals surface area contributed by atoms with E-state index in [4.69, 9.17) is 4.52 Å². The third-order valence-electron chi connectivity index (χ3n) is 6.93. The molecule has 36 heavy (non-hydrogen) atoms. The van der Waals surface area contributed by atoms with Crippen molar-refractivity contribution in [2.45, 2.75) is 51.6 Å². The first-order valence-electron chi connectivity index (χ1n) is 12.3. The molecule has 0 saturated carbocycles. The Kier molecular flexibility index (Phi) is 6.77. The molecule has 1 aromatic carbocycles. The molecule has 2 aliphatic heterocycles. The molecule has 2 fully saturated rings. The molecule has 0 unspecified atom stereocenters. The minimum atomic E-state index is -0.706. The maximum Gasteiger partial charge on any atom is 0.352 e. The standard InChI is InChI=1S/C24H28FN7O4/c1-2-31-22(33)19(27-32(24(31)35)18-8-6-16(25)7-9-18)20-26-21(36-28-20)23(34)30-14-10-17(11-15-30)29-12-4-3-5-13-29/h6-9,17H,2-5,10-15H2,1H3. The average Bonchev–Trinajstić information content (AvgIpc) is 3.40. The van der Waals surface area contributed by atoms with Crippen LogP contribution in [0.3, 0.4) is 0 Å². The van der Waals surface area contributed by atoms with Gasteiger partial charge in [0.1, 0.15) is 5.82 Å². The van der Waals surface area contributed by atoms with Gasteiger partial charge in [-0.1, -0.05) is 11.6 Å². The molecule has 0 bridgehead atoms. The highest BCUT2D eigenvalue weighted by Gasteiger charge is 2.31. The zero-order valence-corrected chi connectivity index (χ0v) is 20.1. The Morgan fingerprint density at radius 1 is 1.06 bits per heavy atom. The van der Waals surface area contributed by atoms with Gasteiger partial charge >= 0.3 is 17.5 Å². The number of rotatable bonds is 5. The van der Waals surface area contributed by atoms with E-state index in [-0.39, 0.29) is 29.6 Å². The SMILES string of the molecule is CCn1c(=O)c(-c2noc(C(=O)N3CCC(N4CCCCC4)CC3)n2)nn(-c2ccc(F)cc2)c1=O. The van der Waals surface area contributed by atoms with Crippen LogP contribution in [0.2, 0.25) is 0 Å². The number of hydrogen-bond acceptors (Lipinski definition) is 8. The van der Waals surface area contributed by atoms with Crippen LogP contribution in [0.25, 0.3) is 17.2 Å². The maximum atomic E-state index is 13.4. The van der Waals surface area contributed by atoms with E-state index in [1.165, 1.54) is 43.5 Å². The van der Waals surface area contributed by atoms with Crippen LogP contribution < -0.4 is 11.2 Å². The highest BCUT2D eigenvalue weighted by molar-refractivity contribution is 5.90. The maximum absolute atomic E-state index is 13.4. The fourth-order valence-corrected chi connectivity index (χ4v) is 4.94. The Bertz CT molecular complexity index is 1350. The second-order valence-electron chi connectivity index (χ2n) is 9.11. The quantitative estimate of drug-likeness (QED) is 0.523. The van der Waals surface area contributed by atoms with E-state index in [1.54, 1.807) is 11.8 Å². The van der Waals surface area contributed by atoms with E-state index in [0.717, 1.165) is 35.2 Å². The molecule has 0 spiro atoms. The van der Waals surface area contributed by atoms with Gasteiger partial charge in [-0.15, -0.1) is 0 Å². The van der Waals surface area contributed by atoms with Crippen LogP contribution in [0.5, 0.6) is 0 Å². The normalized spacial score (nSPS) is 17.4. The highest BCUT2D eigenvalue weighted by Crippen LogP contribution is 2.22. The van der Waals surface area contributed by atoms with Crippen molar-refractivity contribution in [2.24, 2.45) is 0 Å². The summed E-state index contributed by atoms with van der Waals surface area (Å²) >= 11 is 0.